The summed E-state index contributed by atoms with van der Waals surface area (Å²) in [5.74, 6) is -0.284. The lowest BCUT2D eigenvalue weighted by atomic mass is 9.95. The number of carbonyl (C=O) groups is 1. The molecule has 2 aliphatic rings. The number of rotatable bonds is 6. The third-order valence-corrected chi connectivity index (χ3v) is 7.13. The molecule has 11 heteroatoms. The zero-order chi connectivity index (χ0) is 22.7. The second kappa shape index (κ2) is 10.2. The molecule has 1 aromatic carbocycles. The minimum absolute atomic E-state index is 0.376. The minimum Gasteiger partial charge on any atom is -0.466 e. The van der Waals surface area contributed by atoms with Crippen molar-refractivity contribution in [3.05, 3.63) is 61.9 Å². The number of methoxy groups -OCH3 is 1. The fourth-order valence-corrected chi connectivity index (χ4v) is 5.08. The number of nitrogens with one attached hydrogen (secondary N) is 1. The third-order valence-electron chi connectivity index (χ3n) is 5.36. The molecule has 4 rings (SSSR count). The number of aliphatic imine (C=N–C) groups is 1. The summed E-state index contributed by atoms with van der Waals surface area (Å²) >= 11 is 9.92. The van der Waals surface area contributed by atoms with Crippen LogP contribution < -0.4 is 5.32 Å². The highest BCUT2D eigenvalue weighted by Crippen LogP contribution is 2.37. The molecule has 3 heterocycles. The molecule has 0 bridgehead atoms. The number of thiazole rings is 1. The van der Waals surface area contributed by atoms with Gasteiger partial charge < -0.3 is 15.0 Å². The second-order valence-corrected chi connectivity index (χ2v) is 9.27. The van der Waals surface area contributed by atoms with Gasteiger partial charge in [0.1, 0.15) is 11.9 Å². The molecular weight excluding hydrogens is 517 g/mol. The first kappa shape index (κ1) is 23.0. The number of hydrogen-bond acceptors (Lipinski definition) is 8. The summed E-state index contributed by atoms with van der Waals surface area (Å²) in [7, 11) is 1.35. The van der Waals surface area contributed by atoms with E-state index in [0.29, 0.717) is 38.7 Å². The van der Waals surface area contributed by atoms with E-state index in [-0.39, 0.29) is 5.82 Å². The van der Waals surface area contributed by atoms with E-state index in [9.17, 15) is 9.18 Å². The molecule has 0 radical (unpaired) electrons. The average Bonchev–Trinajstić information content (AvgIpc) is 3.34. The Labute approximate surface area is 203 Å². The number of nitrogens with zero attached hydrogens (tertiary/aromatic N) is 4. The second-order valence-electron chi connectivity index (χ2n) is 7.31. The van der Waals surface area contributed by atoms with Gasteiger partial charge in [-0.25, -0.2) is 14.2 Å². The van der Waals surface area contributed by atoms with Crippen LogP contribution in [0.2, 0.25) is 0 Å². The summed E-state index contributed by atoms with van der Waals surface area (Å²) in [6.07, 6.45) is 1.71. The predicted molar refractivity (Wildman–Crippen MR) is 129 cm³/mol. The summed E-state index contributed by atoms with van der Waals surface area (Å²) < 4.78 is 19.4. The number of thiocarbonyl (C=S) groups is 1. The van der Waals surface area contributed by atoms with Crippen LogP contribution in [-0.2, 0) is 9.53 Å². The van der Waals surface area contributed by atoms with Crippen LogP contribution in [0.1, 0.15) is 16.6 Å². The molecule has 1 N–H and O–H groups in total. The van der Waals surface area contributed by atoms with Gasteiger partial charge in [-0.2, -0.15) is 0 Å². The Balaban J connectivity index is 1.76. The highest BCUT2D eigenvalue weighted by Gasteiger charge is 2.34. The maximum absolute atomic E-state index is 13.8. The highest BCUT2D eigenvalue weighted by atomic mass is 79.9. The van der Waals surface area contributed by atoms with Gasteiger partial charge in [0.05, 0.1) is 18.2 Å². The Kier molecular flexibility index (Phi) is 7.29. The normalized spacial score (nSPS) is 19.4. The van der Waals surface area contributed by atoms with Crippen molar-refractivity contribution >= 4 is 56.8 Å². The number of amidine groups is 1. The SMILES string of the molecule is COC(=O)C1=C(CN2CCN(C=S)CC2)NC(c2nccs2)=NC1c1ccc(F)cc1Br. The van der Waals surface area contributed by atoms with Crippen LogP contribution in [0, 0.1) is 5.82 Å². The van der Waals surface area contributed by atoms with E-state index >= 15 is 0 Å². The molecule has 168 valence electrons. The molecular formula is C21H21BrFN5O2S2. The van der Waals surface area contributed by atoms with E-state index in [2.05, 4.69) is 36.0 Å². The number of esters is 1. The maximum Gasteiger partial charge on any atom is 0.338 e. The van der Waals surface area contributed by atoms with Gasteiger partial charge in [-0.15, -0.1) is 11.3 Å². The summed E-state index contributed by atoms with van der Waals surface area (Å²) in [6.45, 7) is 3.77. The van der Waals surface area contributed by atoms with Crippen LogP contribution in [0.25, 0.3) is 0 Å². The van der Waals surface area contributed by atoms with Crippen LogP contribution in [0.15, 0.2) is 50.5 Å². The van der Waals surface area contributed by atoms with Gasteiger partial charge in [-0.3, -0.25) is 9.89 Å². The molecule has 2 aliphatic heterocycles. The molecule has 32 heavy (non-hydrogen) atoms. The average molecular weight is 538 g/mol. The zero-order valence-corrected chi connectivity index (χ0v) is 20.5. The first-order valence-corrected chi connectivity index (χ1v) is 12.1. The fraction of sp³-hybridized carbons (Fsp3) is 0.333. The topological polar surface area (TPSA) is 70.1 Å². The largest absolute Gasteiger partial charge is 0.466 e. The lowest BCUT2D eigenvalue weighted by Crippen LogP contribution is -2.48. The van der Waals surface area contributed by atoms with Crippen LogP contribution in [0.5, 0.6) is 0 Å². The van der Waals surface area contributed by atoms with Gasteiger partial charge in [0.25, 0.3) is 0 Å². The van der Waals surface area contributed by atoms with Crippen molar-refractivity contribution in [1.29, 1.82) is 0 Å². The smallest absolute Gasteiger partial charge is 0.338 e. The summed E-state index contributed by atoms with van der Waals surface area (Å²) in [4.78, 5) is 26.5. The first-order chi connectivity index (χ1) is 15.5. The first-order valence-electron chi connectivity index (χ1n) is 9.93. The van der Waals surface area contributed by atoms with Crippen LogP contribution in [0.4, 0.5) is 4.39 Å². The van der Waals surface area contributed by atoms with Crippen molar-refractivity contribution in [3.8, 4) is 0 Å². The van der Waals surface area contributed by atoms with Crippen molar-refractivity contribution in [2.24, 2.45) is 4.99 Å². The fourth-order valence-electron chi connectivity index (χ4n) is 3.72. The number of ether oxygens (including phenoxy) is 1. The molecule has 1 aromatic heterocycles. The van der Waals surface area contributed by atoms with Gasteiger partial charge >= 0.3 is 5.97 Å². The molecule has 1 unspecified atom stereocenters. The number of benzene rings is 1. The molecule has 1 atom stereocenters. The monoisotopic (exact) mass is 537 g/mol. The number of carbonyl (C=O) groups excluding carboxylic acids is 1. The molecule has 1 fully saturated rings. The Morgan fingerprint density at radius 2 is 2.19 bits per heavy atom. The molecule has 0 saturated carbocycles. The Bertz CT molecular complexity index is 1070. The van der Waals surface area contributed by atoms with Gasteiger partial charge in [-0.05, 0) is 17.7 Å². The highest BCUT2D eigenvalue weighted by molar-refractivity contribution is 9.10. The summed E-state index contributed by atoms with van der Waals surface area (Å²) in [5, 5.41) is 5.90. The van der Waals surface area contributed by atoms with Crippen molar-refractivity contribution in [2.45, 2.75) is 6.04 Å². The number of aromatic nitrogens is 1. The standard InChI is InChI=1S/C21H21BrFN5O2S2/c1-30-21(29)17-16(11-27-5-7-28(12-31)8-6-27)25-19(20-24-4-9-32-20)26-18(17)14-3-2-13(23)10-15(14)22/h2-4,9-10,12,18H,5-8,11H2,1H3,(H,25,26). The van der Waals surface area contributed by atoms with Crippen molar-refractivity contribution in [1.82, 2.24) is 20.1 Å². The van der Waals surface area contributed by atoms with Gasteiger partial charge in [0, 0.05) is 54.5 Å². The Morgan fingerprint density at radius 1 is 1.41 bits per heavy atom. The van der Waals surface area contributed by atoms with E-state index in [1.165, 1.54) is 30.6 Å². The number of halogens is 2. The van der Waals surface area contributed by atoms with E-state index in [0.717, 1.165) is 26.2 Å². The summed E-state index contributed by atoms with van der Waals surface area (Å²) in [6, 6.07) is 3.70. The van der Waals surface area contributed by atoms with E-state index in [4.69, 9.17) is 21.9 Å². The molecule has 0 spiro atoms. The molecule has 0 aliphatic carbocycles. The number of hydrogen-bond donors (Lipinski definition) is 1. The lowest BCUT2D eigenvalue weighted by Gasteiger charge is -2.35. The van der Waals surface area contributed by atoms with E-state index < -0.39 is 12.0 Å². The Hall–Kier alpha value is -2.21. The van der Waals surface area contributed by atoms with Gasteiger partial charge in [0.15, 0.2) is 10.8 Å². The van der Waals surface area contributed by atoms with Gasteiger partial charge in [0.2, 0.25) is 0 Å². The van der Waals surface area contributed by atoms with E-state index in [1.54, 1.807) is 17.8 Å². The molecule has 7 nitrogen and oxygen atoms in total. The maximum atomic E-state index is 13.8. The Morgan fingerprint density at radius 3 is 2.81 bits per heavy atom. The minimum atomic E-state index is -0.671. The van der Waals surface area contributed by atoms with Crippen molar-refractivity contribution in [2.75, 3.05) is 39.8 Å². The van der Waals surface area contributed by atoms with Crippen LogP contribution in [0.3, 0.4) is 0 Å². The summed E-state index contributed by atoms with van der Waals surface area (Å²) in [5.41, 5.74) is 3.46. The van der Waals surface area contributed by atoms with E-state index in [1.807, 2.05) is 5.38 Å². The number of piperazine rings is 1. The zero-order valence-electron chi connectivity index (χ0n) is 17.3. The third kappa shape index (κ3) is 4.90. The van der Waals surface area contributed by atoms with Crippen LogP contribution >= 0.6 is 39.5 Å². The molecule has 1 saturated heterocycles. The molecule has 2 aromatic rings. The van der Waals surface area contributed by atoms with Crippen molar-refractivity contribution < 1.29 is 13.9 Å². The van der Waals surface area contributed by atoms with Gasteiger partial charge in [-0.1, -0.05) is 34.2 Å². The predicted octanol–water partition coefficient (Wildman–Crippen LogP) is 3.14. The van der Waals surface area contributed by atoms with Crippen LogP contribution in [-0.4, -0.2) is 71.9 Å². The van der Waals surface area contributed by atoms with Crippen molar-refractivity contribution in [3.63, 3.8) is 0 Å². The quantitative estimate of drug-likeness (QED) is 0.448. The lowest BCUT2D eigenvalue weighted by molar-refractivity contribution is -0.136. The molecule has 0 amide bonds.